The van der Waals surface area contributed by atoms with Crippen molar-refractivity contribution in [1.29, 1.82) is 0 Å². The van der Waals surface area contributed by atoms with Crippen molar-refractivity contribution in [2.45, 2.75) is 51.1 Å². The lowest BCUT2D eigenvalue weighted by Crippen LogP contribution is -2.54. The quantitative estimate of drug-likeness (QED) is 0.0928. The largest absolute Gasteiger partial charge is 0.378 e. The molecule has 264 valence electrons. The van der Waals surface area contributed by atoms with Crippen LogP contribution < -0.4 is 20.9 Å². The molecule has 1 fully saturated rings. The van der Waals surface area contributed by atoms with Gasteiger partial charge >= 0.3 is 0 Å². The molecule has 2 aromatic heterocycles. The molecule has 0 spiro atoms. The molecule has 1 saturated heterocycles. The summed E-state index contributed by atoms with van der Waals surface area (Å²) in [6.45, 7) is 3.31. The number of imide groups is 1. The monoisotopic (exact) mass is 699 g/mol. The number of nitrogens with one attached hydrogen (secondary N) is 3. The Morgan fingerprint density at radius 3 is 2.43 bits per heavy atom. The SMILES string of the molecule is Cc1ccnc(-c2cc(N3CCCC3C(=O)NC(CS(=O)(=O)O)C(=O)NCCCCC(=O)NCCOCCN3C(=O)C=CC3=O)ccn2)c1. The van der Waals surface area contributed by atoms with Crippen molar-refractivity contribution >= 4 is 45.3 Å². The fraction of sp³-hybridized carbons (Fsp3) is 0.469. The summed E-state index contributed by atoms with van der Waals surface area (Å²) in [7, 11) is -4.62. The minimum Gasteiger partial charge on any atom is -0.378 e. The highest BCUT2D eigenvalue weighted by molar-refractivity contribution is 7.85. The van der Waals surface area contributed by atoms with Crippen LogP contribution >= 0.6 is 0 Å². The number of carbonyl (C=O) groups is 5. The van der Waals surface area contributed by atoms with Crippen LogP contribution in [0.3, 0.4) is 0 Å². The number of aryl methyl sites for hydroxylation is 1. The molecule has 2 unspecified atom stereocenters. The lowest BCUT2D eigenvalue weighted by molar-refractivity contribution is -0.137. The van der Waals surface area contributed by atoms with E-state index in [1.807, 2.05) is 30.0 Å². The van der Waals surface area contributed by atoms with Gasteiger partial charge in [0.25, 0.3) is 21.9 Å². The van der Waals surface area contributed by atoms with E-state index in [4.69, 9.17) is 4.74 Å². The van der Waals surface area contributed by atoms with E-state index in [2.05, 4.69) is 25.9 Å². The van der Waals surface area contributed by atoms with Gasteiger partial charge in [0.2, 0.25) is 17.7 Å². The predicted molar refractivity (Wildman–Crippen MR) is 177 cm³/mol. The summed E-state index contributed by atoms with van der Waals surface area (Å²) < 4.78 is 38.3. The van der Waals surface area contributed by atoms with E-state index < -0.39 is 39.8 Å². The van der Waals surface area contributed by atoms with Crippen molar-refractivity contribution in [3.8, 4) is 11.4 Å². The van der Waals surface area contributed by atoms with E-state index in [-0.39, 0.29) is 57.0 Å². The molecule has 2 aromatic rings. The molecule has 0 radical (unpaired) electrons. The number of hydrogen-bond acceptors (Lipinski definition) is 11. The molecular formula is C32H41N7O9S. The zero-order chi connectivity index (χ0) is 35.4. The summed E-state index contributed by atoms with van der Waals surface area (Å²) in [5, 5.41) is 7.77. The Bertz CT molecular complexity index is 1650. The average molecular weight is 700 g/mol. The molecule has 2 atom stereocenters. The summed E-state index contributed by atoms with van der Waals surface area (Å²) in [6, 6.07) is 5.16. The highest BCUT2D eigenvalue weighted by Crippen LogP contribution is 2.28. The number of carbonyl (C=O) groups excluding carboxylic acids is 5. The fourth-order valence-corrected chi connectivity index (χ4v) is 6.09. The number of rotatable bonds is 18. The summed E-state index contributed by atoms with van der Waals surface area (Å²) in [5.41, 5.74) is 3.05. The van der Waals surface area contributed by atoms with E-state index in [0.29, 0.717) is 43.6 Å². The van der Waals surface area contributed by atoms with E-state index >= 15 is 0 Å². The Labute approximate surface area is 284 Å². The highest BCUT2D eigenvalue weighted by Gasteiger charge is 2.35. The molecular weight excluding hydrogens is 658 g/mol. The van der Waals surface area contributed by atoms with Gasteiger partial charge in [0.15, 0.2) is 0 Å². The second kappa shape index (κ2) is 17.6. The van der Waals surface area contributed by atoms with Crippen LogP contribution in [0.15, 0.2) is 48.8 Å². The van der Waals surface area contributed by atoms with Crippen molar-refractivity contribution in [2.75, 3.05) is 50.0 Å². The first-order valence-electron chi connectivity index (χ1n) is 16.0. The number of unbranched alkanes of at least 4 members (excludes halogenated alkanes) is 1. The van der Waals surface area contributed by atoms with E-state index in [1.165, 1.54) is 12.2 Å². The van der Waals surface area contributed by atoms with Crippen LogP contribution in [-0.2, 0) is 38.8 Å². The van der Waals surface area contributed by atoms with Gasteiger partial charge in [-0.2, -0.15) is 8.42 Å². The van der Waals surface area contributed by atoms with Crippen molar-refractivity contribution in [1.82, 2.24) is 30.8 Å². The number of amides is 5. The zero-order valence-corrected chi connectivity index (χ0v) is 28.0. The van der Waals surface area contributed by atoms with Gasteiger partial charge in [-0.05, 0) is 62.4 Å². The number of hydrogen-bond donors (Lipinski definition) is 4. The Morgan fingerprint density at radius 1 is 1.00 bits per heavy atom. The van der Waals surface area contributed by atoms with Crippen LogP contribution in [0.25, 0.3) is 11.4 Å². The average Bonchev–Trinajstić information content (AvgIpc) is 3.68. The maximum absolute atomic E-state index is 13.4. The first kappa shape index (κ1) is 37.1. The maximum Gasteiger partial charge on any atom is 0.267 e. The van der Waals surface area contributed by atoms with Crippen molar-refractivity contribution in [3.63, 3.8) is 0 Å². The Balaban J connectivity index is 1.19. The molecule has 49 heavy (non-hydrogen) atoms. The lowest BCUT2D eigenvalue weighted by atomic mass is 10.1. The molecule has 4 heterocycles. The molecule has 16 nitrogen and oxygen atoms in total. The summed E-state index contributed by atoms with van der Waals surface area (Å²) in [5.74, 6) is -3.34. The minimum atomic E-state index is -4.62. The fourth-order valence-electron chi connectivity index (χ4n) is 5.43. The van der Waals surface area contributed by atoms with Crippen LogP contribution in [0, 0.1) is 6.92 Å². The maximum atomic E-state index is 13.4. The molecule has 2 aliphatic heterocycles. The molecule has 0 aliphatic carbocycles. The van der Waals surface area contributed by atoms with E-state index in [0.717, 1.165) is 16.2 Å². The first-order chi connectivity index (χ1) is 23.4. The molecule has 5 amide bonds. The smallest absolute Gasteiger partial charge is 0.267 e. The van der Waals surface area contributed by atoms with Crippen molar-refractivity contribution < 1.29 is 41.7 Å². The highest BCUT2D eigenvalue weighted by atomic mass is 32.2. The summed E-state index contributed by atoms with van der Waals surface area (Å²) in [6.07, 6.45) is 7.83. The minimum absolute atomic E-state index is 0.109. The number of anilines is 1. The standard InChI is InChI=1S/C32H41N7O9S/c1-22-9-12-33-24(19-22)25-20-23(10-13-34-25)38-15-4-5-27(38)32(44)37-26(21-49(45,46)47)31(43)36-11-3-2-6-28(40)35-14-17-48-18-16-39-29(41)7-8-30(39)42/h7-10,12-13,19-20,26-27H,2-6,11,14-18,21H2,1H3,(H,35,40)(H,36,43)(H,37,44)(H,45,46,47). The van der Waals surface area contributed by atoms with E-state index in [1.54, 1.807) is 18.5 Å². The molecule has 17 heteroatoms. The summed E-state index contributed by atoms with van der Waals surface area (Å²) in [4.78, 5) is 73.1. The van der Waals surface area contributed by atoms with Crippen LogP contribution in [0.2, 0.25) is 0 Å². The topological polar surface area (TPSA) is 217 Å². The third-order valence-corrected chi connectivity index (χ3v) is 8.63. The van der Waals surface area contributed by atoms with Crippen molar-refractivity contribution in [2.24, 2.45) is 0 Å². The van der Waals surface area contributed by atoms with Gasteiger partial charge < -0.3 is 25.6 Å². The number of pyridine rings is 2. The number of aromatic nitrogens is 2. The summed E-state index contributed by atoms with van der Waals surface area (Å²) >= 11 is 0. The van der Waals surface area contributed by atoms with Crippen LogP contribution in [0.5, 0.6) is 0 Å². The van der Waals surface area contributed by atoms with Gasteiger partial charge in [-0.1, -0.05) is 0 Å². The number of ether oxygens (including phenoxy) is 1. The van der Waals surface area contributed by atoms with Crippen LogP contribution in [0.1, 0.15) is 37.7 Å². The predicted octanol–water partition coefficient (Wildman–Crippen LogP) is 0.138. The molecule has 0 bridgehead atoms. The van der Waals surface area contributed by atoms with Gasteiger partial charge in [-0.15, -0.1) is 0 Å². The zero-order valence-electron chi connectivity index (χ0n) is 27.2. The Kier molecular flexibility index (Phi) is 13.3. The van der Waals surface area contributed by atoms with Crippen LogP contribution in [0.4, 0.5) is 5.69 Å². The van der Waals surface area contributed by atoms with Crippen LogP contribution in [-0.4, -0.2) is 115 Å². The lowest BCUT2D eigenvalue weighted by Gasteiger charge is -2.28. The molecule has 0 saturated carbocycles. The second-order valence-corrected chi connectivity index (χ2v) is 13.1. The van der Waals surface area contributed by atoms with Gasteiger partial charge in [0.1, 0.15) is 17.8 Å². The third-order valence-electron chi connectivity index (χ3n) is 7.88. The van der Waals surface area contributed by atoms with Gasteiger partial charge in [0.05, 0.1) is 31.1 Å². The Morgan fingerprint density at radius 2 is 1.71 bits per heavy atom. The molecule has 2 aliphatic rings. The number of nitrogens with zero attached hydrogens (tertiary/aromatic N) is 4. The van der Waals surface area contributed by atoms with E-state index in [9.17, 15) is 36.9 Å². The van der Waals surface area contributed by atoms with Gasteiger partial charge in [0, 0.05) is 56.3 Å². The Hall–Kier alpha value is -4.74. The van der Waals surface area contributed by atoms with Crippen molar-refractivity contribution in [3.05, 3.63) is 54.4 Å². The normalized spacial score (nSPS) is 16.6. The molecule has 0 aromatic carbocycles. The molecule has 4 rings (SSSR count). The second-order valence-electron chi connectivity index (χ2n) is 11.7. The third kappa shape index (κ3) is 11.4. The van der Waals surface area contributed by atoms with Gasteiger partial charge in [-0.3, -0.25) is 43.4 Å². The first-order valence-corrected chi connectivity index (χ1v) is 17.6. The molecule has 4 N–H and O–H groups in total. The van der Waals surface area contributed by atoms with Gasteiger partial charge in [-0.25, -0.2) is 0 Å².